The lowest BCUT2D eigenvalue weighted by Gasteiger charge is -2.01. The Morgan fingerprint density at radius 1 is 1.13 bits per heavy atom. The first kappa shape index (κ1) is 11.8. The molecule has 1 aromatic rings. The van der Waals surface area contributed by atoms with E-state index in [9.17, 15) is 0 Å². The van der Waals surface area contributed by atoms with Crippen molar-refractivity contribution in [3.05, 3.63) is 35.4 Å². The van der Waals surface area contributed by atoms with Gasteiger partial charge in [-0.15, -0.1) is 0 Å². The fourth-order valence-electron chi connectivity index (χ4n) is 1.59. The maximum Gasteiger partial charge on any atom is 0.0733 e. The van der Waals surface area contributed by atoms with Gasteiger partial charge in [0, 0.05) is 0 Å². The van der Waals surface area contributed by atoms with Gasteiger partial charge in [0.2, 0.25) is 0 Å². The summed E-state index contributed by atoms with van der Waals surface area (Å²) in [5.74, 6) is 0. The quantitative estimate of drug-likeness (QED) is 0.327. The van der Waals surface area contributed by atoms with Crippen molar-refractivity contribution in [2.75, 3.05) is 0 Å². The van der Waals surface area contributed by atoms with Crippen molar-refractivity contribution in [3.63, 3.8) is 0 Å². The number of nitrogens with zero attached hydrogens (tertiary/aromatic N) is 1. The molecule has 0 unspecified atom stereocenters. The molecule has 0 aromatic heterocycles. The monoisotopic (exact) mass is 205 g/mol. The minimum absolute atomic E-state index is 0.940. The normalized spacial score (nSPS) is 11.0. The average Bonchev–Trinajstić information content (AvgIpc) is 2.27. The highest BCUT2D eigenvalue weighted by Crippen LogP contribution is 2.08. The molecule has 0 aliphatic carbocycles. The van der Waals surface area contributed by atoms with E-state index in [1.165, 1.54) is 37.5 Å². The lowest BCUT2D eigenvalue weighted by Crippen LogP contribution is -1.87. The zero-order chi connectivity index (χ0) is 10.9. The lowest BCUT2D eigenvalue weighted by atomic mass is 10.1. The molecule has 1 N–H and O–H groups in total. The van der Waals surface area contributed by atoms with Crippen LogP contribution >= 0.6 is 0 Å². The second kappa shape index (κ2) is 7.04. The summed E-state index contributed by atoms with van der Waals surface area (Å²) < 4.78 is 0. The van der Waals surface area contributed by atoms with Gasteiger partial charge in [0.25, 0.3) is 0 Å². The highest BCUT2D eigenvalue weighted by Gasteiger charge is 1.93. The average molecular weight is 205 g/mol. The van der Waals surface area contributed by atoms with Crippen LogP contribution in [0, 0.1) is 0 Å². The smallest absolute Gasteiger partial charge is 0.0733 e. The van der Waals surface area contributed by atoms with Crippen LogP contribution in [0.5, 0.6) is 0 Å². The molecular weight excluding hydrogens is 186 g/mol. The van der Waals surface area contributed by atoms with Gasteiger partial charge in [-0.2, -0.15) is 0 Å². The van der Waals surface area contributed by atoms with Crippen LogP contribution in [-0.2, 0) is 6.42 Å². The van der Waals surface area contributed by atoms with Crippen molar-refractivity contribution in [2.24, 2.45) is 5.16 Å². The van der Waals surface area contributed by atoms with Gasteiger partial charge in [-0.3, -0.25) is 0 Å². The molecule has 2 nitrogen and oxygen atoms in total. The van der Waals surface area contributed by atoms with Crippen LogP contribution in [0.15, 0.2) is 29.4 Å². The molecule has 0 spiro atoms. The van der Waals surface area contributed by atoms with Crippen molar-refractivity contribution in [3.8, 4) is 0 Å². The zero-order valence-corrected chi connectivity index (χ0v) is 9.32. The van der Waals surface area contributed by atoms with Gasteiger partial charge >= 0.3 is 0 Å². The van der Waals surface area contributed by atoms with Gasteiger partial charge in [-0.05, 0) is 24.0 Å². The molecule has 0 aliphatic heterocycles. The molecule has 0 saturated heterocycles. The molecule has 0 atom stereocenters. The topological polar surface area (TPSA) is 32.6 Å². The zero-order valence-electron chi connectivity index (χ0n) is 9.32. The highest BCUT2D eigenvalue weighted by atomic mass is 16.4. The standard InChI is InChI=1S/C13H19NO/c1-2-3-4-5-6-12-7-9-13(10-8-12)11-14-15/h7-11,15H,2-6H2,1H3/b14-11+. The minimum atomic E-state index is 0.940. The molecule has 1 aromatic carbocycles. The third-order valence-electron chi connectivity index (χ3n) is 2.51. The summed E-state index contributed by atoms with van der Waals surface area (Å²) in [5.41, 5.74) is 2.30. The van der Waals surface area contributed by atoms with Crippen molar-refractivity contribution in [1.29, 1.82) is 0 Å². The Bertz CT molecular complexity index is 290. The van der Waals surface area contributed by atoms with E-state index < -0.39 is 0 Å². The molecule has 82 valence electrons. The molecule has 0 saturated carbocycles. The maximum absolute atomic E-state index is 8.36. The molecular formula is C13H19NO. The number of rotatable bonds is 6. The van der Waals surface area contributed by atoms with E-state index in [4.69, 9.17) is 5.21 Å². The Labute approximate surface area is 91.6 Å². The van der Waals surface area contributed by atoms with Crippen LogP contribution in [0.25, 0.3) is 0 Å². The molecule has 0 aliphatic rings. The van der Waals surface area contributed by atoms with Crippen LogP contribution in [0.1, 0.15) is 43.7 Å². The fraction of sp³-hybridized carbons (Fsp3) is 0.462. The van der Waals surface area contributed by atoms with Crippen LogP contribution < -0.4 is 0 Å². The van der Waals surface area contributed by atoms with E-state index >= 15 is 0 Å². The van der Waals surface area contributed by atoms with Crippen LogP contribution in [0.4, 0.5) is 0 Å². The van der Waals surface area contributed by atoms with Crippen LogP contribution in [-0.4, -0.2) is 11.4 Å². The molecule has 1 rings (SSSR count). The van der Waals surface area contributed by atoms with Gasteiger partial charge in [-0.1, -0.05) is 55.6 Å². The Morgan fingerprint density at radius 2 is 1.87 bits per heavy atom. The summed E-state index contributed by atoms with van der Waals surface area (Å²) >= 11 is 0. The fourth-order valence-corrected chi connectivity index (χ4v) is 1.59. The number of hydrogen-bond acceptors (Lipinski definition) is 2. The van der Waals surface area contributed by atoms with Gasteiger partial charge in [0.1, 0.15) is 0 Å². The highest BCUT2D eigenvalue weighted by molar-refractivity contribution is 5.78. The Hall–Kier alpha value is -1.31. The maximum atomic E-state index is 8.36. The minimum Gasteiger partial charge on any atom is -0.411 e. The predicted molar refractivity (Wildman–Crippen MR) is 63.7 cm³/mol. The molecule has 2 heteroatoms. The first-order chi connectivity index (χ1) is 7.36. The van der Waals surface area contributed by atoms with Crippen molar-refractivity contribution >= 4 is 6.21 Å². The molecule has 0 radical (unpaired) electrons. The number of hydrogen-bond donors (Lipinski definition) is 1. The summed E-state index contributed by atoms with van der Waals surface area (Å²) in [6, 6.07) is 8.16. The summed E-state index contributed by atoms with van der Waals surface area (Å²) in [6.45, 7) is 2.23. The molecule has 0 bridgehead atoms. The van der Waals surface area contributed by atoms with E-state index in [0.717, 1.165) is 12.0 Å². The van der Waals surface area contributed by atoms with Gasteiger partial charge in [-0.25, -0.2) is 0 Å². The lowest BCUT2D eigenvalue weighted by molar-refractivity contribution is 0.322. The van der Waals surface area contributed by atoms with Crippen LogP contribution in [0.3, 0.4) is 0 Å². The van der Waals surface area contributed by atoms with Crippen molar-refractivity contribution in [1.82, 2.24) is 0 Å². The third-order valence-corrected chi connectivity index (χ3v) is 2.51. The summed E-state index contributed by atoms with van der Waals surface area (Å²) in [4.78, 5) is 0. The summed E-state index contributed by atoms with van der Waals surface area (Å²) in [7, 11) is 0. The first-order valence-electron chi connectivity index (χ1n) is 5.63. The van der Waals surface area contributed by atoms with Gasteiger partial charge < -0.3 is 5.21 Å². The van der Waals surface area contributed by atoms with E-state index in [0.29, 0.717) is 0 Å². The van der Waals surface area contributed by atoms with Gasteiger partial charge in [0.15, 0.2) is 0 Å². The molecule has 0 fully saturated rings. The van der Waals surface area contributed by atoms with E-state index in [2.05, 4.69) is 24.2 Å². The Morgan fingerprint density at radius 3 is 2.47 bits per heavy atom. The first-order valence-corrected chi connectivity index (χ1v) is 5.63. The molecule has 0 amide bonds. The van der Waals surface area contributed by atoms with E-state index in [1.54, 1.807) is 0 Å². The predicted octanol–water partition coefficient (Wildman–Crippen LogP) is 3.62. The number of oxime groups is 1. The number of unbranched alkanes of at least 4 members (excludes halogenated alkanes) is 3. The second-order valence-corrected chi connectivity index (χ2v) is 3.80. The Kier molecular flexibility index (Phi) is 5.52. The Balaban J connectivity index is 2.36. The van der Waals surface area contributed by atoms with Crippen molar-refractivity contribution < 1.29 is 5.21 Å². The van der Waals surface area contributed by atoms with E-state index in [1.807, 2.05) is 12.1 Å². The summed E-state index contributed by atoms with van der Waals surface area (Å²) in [5, 5.41) is 11.4. The van der Waals surface area contributed by atoms with Gasteiger partial charge in [0.05, 0.1) is 6.21 Å². The summed E-state index contributed by atoms with van der Waals surface area (Å²) in [6.07, 6.45) is 7.79. The van der Waals surface area contributed by atoms with Crippen molar-refractivity contribution in [2.45, 2.75) is 39.0 Å². The molecule has 15 heavy (non-hydrogen) atoms. The number of aryl methyl sites for hydroxylation is 1. The van der Waals surface area contributed by atoms with E-state index in [-0.39, 0.29) is 0 Å². The largest absolute Gasteiger partial charge is 0.411 e. The SMILES string of the molecule is CCCCCCc1ccc(/C=N/O)cc1. The number of benzene rings is 1. The third kappa shape index (κ3) is 4.63. The molecule has 0 heterocycles. The second-order valence-electron chi connectivity index (χ2n) is 3.80. The van der Waals surface area contributed by atoms with Crippen LogP contribution in [0.2, 0.25) is 0 Å².